The number of aromatic nitrogens is 4. The highest BCUT2D eigenvalue weighted by molar-refractivity contribution is 7.99. The summed E-state index contributed by atoms with van der Waals surface area (Å²) < 4.78 is 3.41. The Hall–Kier alpha value is -3.39. The van der Waals surface area contributed by atoms with Crippen LogP contribution in [0.4, 0.5) is 5.69 Å². The minimum Gasteiger partial charge on any atom is -0.312 e. The third-order valence-electron chi connectivity index (χ3n) is 6.54. The number of anilines is 1. The molecule has 1 amide bonds. The van der Waals surface area contributed by atoms with Crippen molar-refractivity contribution in [2.24, 2.45) is 0 Å². The topological polar surface area (TPSA) is 73.0 Å². The van der Waals surface area contributed by atoms with Crippen LogP contribution in [0.5, 0.6) is 0 Å². The monoisotopic (exact) mass is 473 g/mol. The van der Waals surface area contributed by atoms with E-state index in [0.29, 0.717) is 28.5 Å². The molecule has 0 spiro atoms. The second-order valence-electron chi connectivity index (χ2n) is 8.73. The Kier molecular flexibility index (Phi) is 5.77. The Bertz CT molecular complexity index is 1470. The van der Waals surface area contributed by atoms with Crippen molar-refractivity contribution < 1.29 is 4.79 Å². The Morgan fingerprint density at radius 1 is 1.12 bits per heavy atom. The highest BCUT2D eigenvalue weighted by atomic mass is 32.2. The van der Waals surface area contributed by atoms with Crippen molar-refractivity contribution in [3.8, 4) is 5.69 Å². The lowest BCUT2D eigenvalue weighted by molar-refractivity contribution is -0.119. The van der Waals surface area contributed by atoms with Gasteiger partial charge in [0.2, 0.25) is 5.91 Å². The predicted molar refractivity (Wildman–Crippen MR) is 136 cm³/mol. The Balaban J connectivity index is 1.49. The second kappa shape index (κ2) is 8.76. The molecular formula is C26H27N5O2S. The van der Waals surface area contributed by atoms with Gasteiger partial charge in [0.05, 0.1) is 17.9 Å². The lowest BCUT2D eigenvalue weighted by atomic mass is 10.1. The van der Waals surface area contributed by atoms with Gasteiger partial charge in [-0.2, -0.15) is 5.10 Å². The van der Waals surface area contributed by atoms with E-state index in [9.17, 15) is 9.59 Å². The number of carbonyl (C=O) groups is 1. The van der Waals surface area contributed by atoms with Gasteiger partial charge in [0, 0.05) is 24.4 Å². The Morgan fingerprint density at radius 3 is 2.65 bits per heavy atom. The molecule has 0 saturated carbocycles. The molecule has 8 heteroatoms. The van der Waals surface area contributed by atoms with Crippen LogP contribution >= 0.6 is 11.8 Å². The maximum absolute atomic E-state index is 13.5. The fourth-order valence-electron chi connectivity index (χ4n) is 4.49. The van der Waals surface area contributed by atoms with Gasteiger partial charge in [-0.05, 0) is 62.6 Å². The van der Waals surface area contributed by atoms with Crippen LogP contribution in [0.15, 0.2) is 58.6 Å². The zero-order valence-electron chi connectivity index (χ0n) is 19.8. The van der Waals surface area contributed by atoms with E-state index in [2.05, 4.69) is 18.9 Å². The molecule has 174 valence electrons. The molecule has 0 N–H and O–H groups in total. The summed E-state index contributed by atoms with van der Waals surface area (Å²) in [6.45, 7) is 8.67. The van der Waals surface area contributed by atoms with E-state index in [-0.39, 0.29) is 23.9 Å². The number of hydrogen-bond acceptors (Lipinski definition) is 5. The van der Waals surface area contributed by atoms with Crippen LogP contribution in [0.25, 0.3) is 16.7 Å². The van der Waals surface area contributed by atoms with Gasteiger partial charge in [0.1, 0.15) is 5.39 Å². The smallest absolute Gasteiger partial charge is 0.265 e. The zero-order valence-corrected chi connectivity index (χ0v) is 20.6. The first-order chi connectivity index (χ1) is 16.4. The van der Waals surface area contributed by atoms with Crippen molar-refractivity contribution in [1.29, 1.82) is 0 Å². The van der Waals surface area contributed by atoms with Crippen LogP contribution in [-0.4, -0.2) is 37.5 Å². The molecule has 0 fully saturated rings. The molecule has 0 radical (unpaired) electrons. The number of thioether (sulfide) groups is 1. The van der Waals surface area contributed by atoms with Gasteiger partial charge in [-0.1, -0.05) is 36.0 Å². The maximum atomic E-state index is 13.5. The third-order valence-corrected chi connectivity index (χ3v) is 7.64. The molecule has 1 unspecified atom stereocenters. The van der Waals surface area contributed by atoms with Gasteiger partial charge >= 0.3 is 0 Å². The summed E-state index contributed by atoms with van der Waals surface area (Å²) >= 11 is 1.52. The molecular weight excluding hydrogens is 446 g/mol. The minimum absolute atomic E-state index is 0.00747. The number of nitrogens with zero attached hydrogens (tertiary/aromatic N) is 5. The van der Waals surface area contributed by atoms with Gasteiger partial charge in [0.15, 0.2) is 10.8 Å². The molecule has 0 aliphatic carbocycles. The standard InChI is InChI=1S/C26H27N5O2S/c1-5-29(22-9-7-6-8-17(22)3)23(32)13-20-15-34-26-28-24-21(25(33)30(20)26)14-27-31(24)19-11-10-16(2)18(4)12-19/h6-12,14,20H,5,13,15H2,1-4H3. The summed E-state index contributed by atoms with van der Waals surface area (Å²) in [5.41, 5.74) is 5.60. The molecule has 4 aromatic rings. The van der Waals surface area contributed by atoms with Crippen LogP contribution < -0.4 is 10.5 Å². The number of aryl methyl sites for hydroxylation is 3. The molecule has 1 atom stereocenters. The zero-order chi connectivity index (χ0) is 24.0. The lowest BCUT2D eigenvalue weighted by Gasteiger charge is -2.24. The van der Waals surface area contributed by atoms with Gasteiger partial charge < -0.3 is 4.90 Å². The number of hydrogen-bond donors (Lipinski definition) is 0. The molecule has 34 heavy (non-hydrogen) atoms. The summed E-state index contributed by atoms with van der Waals surface area (Å²) in [5, 5.41) is 5.58. The molecule has 5 rings (SSSR count). The first-order valence-electron chi connectivity index (χ1n) is 11.5. The Labute approximate surface area is 202 Å². The van der Waals surface area contributed by atoms with Crippen molar-refractivity contribution in [2.45, 2.75) is 45.3 Å². The SMILES string of the molecule is CCN(C(=O)CC1CSc2nc3c(cnn3-c3ccc(C)c(C)c3)c(=O)n21)c1ccccc1C. The molecule has 1 aliphatic rings. The number of rotatable bonds is 5. The highest BCUT2D eigenvalue weighted by Gasteiger charge is 2.31. The van der Waals surface area contributed by atoms with Crippen molar-refractivity contribution in [3.05, 3.63) is 75.7 Å². The van der Waals surface area contributed by atoms with Crippen LogP contribution in [0.3, 0.4) is 0 Å². The van der Waals surface area contributed by atoms with Crippen molar-refractivity contribution in [1.82, 2.24) is 19.3 Å². The molecule has 1 aliphatic heterocycles. The Morgan fingerprint density at radius 2 is 1.91 bits per heavy atom. The van der Waals surface area contributed by atoms with Crippen molar-refractivity contribution in [3.63, 3.8) is 0 Å². The molecule has 0 saturated heterocycles. The fourth-order valence-corrected chi connectivity index (χ4v) is 5.62. The highest BCUT2D eigenvalue weighted by Crippen LogP contribution is 2.34. The predicted octanol–water partition coefficient (Wildman–Crippen LogP) is 4.60. The first kappa shape index (κ1) is 22.4. The number of para-hydroxylation sites is 1. The summed E-state index contributed by atoms with van der Waals surface area (Å²) in [6.07, 6.45) is 1.83. The van der Waals surface area contributed by atoms with Crippen molar-refractivity contribution in [2.75, 3.05) is 17.2 Å². The van der Waals surface area contributed by atoms with Crippen LogP contribution in [0.2, 0.25) is 0 Å². The van der Waals surface area contributed by atoms with E-state index in [1.165, 1.54) is 17.3 Å². The first-order valence-corrected chi connectivity index (χ1v) is 12.4. The summed E-state index contributed by atoms with van der Waals surface area (Å²) in [7, 11) is 0. The average Bonchev–Trinajstić information content (AvgIpc) is 3.42. The molecule has 2 aromatic carbocycles. The summed E-state index contributed by atoms with van der Waals surface area (Å²) in [5.74, 6) is 0.649. The van der Waals surface area contributed by atoms with Gasteiger partial charge in [-0.15, -0.1) is 0 Å². The molecule has 0 bridgehead atoms. The van der Waals surface area contributed by atoms with Crippen LogP contribution in [0.1, 0.15) is 36.1 Å². The maximum Gasteiger partial charge on any atom is 0.265 e. The van der Waals surface area contributed by atoms with E-state index in [1.807, 2.05) is 56.3 Å². The summed E-state index contributed by atoms with van der Waals surface area (Å²) in [6, 6.07) is 13.7. The van der Waals surface area contributed by atoms with Crippen LogP contribution in [-0.2, 0) is 4.79 Å². The summed E-state index contributed by atoms with van der Waals surface area (Å²) in [4.78, 5) is 33.4. The fraction of sp³-hybridized carbons (Fsp3) is 0.308. The average molecular weight is 474 g/mol. The van der Waals surface area contributed by atoms with E-state index in [4.69, 9.17) is 4.98 Å². The minimum atomic E-state index is -0.236. The third kappa shape index (κ3) is 3.72. The van der Waals surface area contributed by atoms with Crippen molar-refractivity contribution >= 4 is 34.4 Å². The quantitative estimate of drug-likeness (QED) is 0.396. The van der Waals surface area contributed by atoms with E-state index in [1.54, 1.807) is 20.3 Å². The van der Waals surface area contributed by atoms with Gasteiger partial charge in [-0.3, -0.25) is 14.2 Å². The van der Waals surface area contributed by atoms with Gasteiger partial charge in [0.25, 0.3) is 5.56 Å². The van der Waals surface area contributed by atoms with E-state index in [0.717, 1.165) is 22.5 Å². The second-order valence-corrected chi connectivity index (χ2v) is 9.71. The molecule has 3 heterocycles. The van der Waals surface area contributed by atoms with E-state index < -0.39 is 0 Å². The number of amides is 1. The number of fused-ring (bicyclic) bond motifs is 2. The van der Waals surface area contributed by atoms with E-state index >= 15 is 0 Å². The largest absolute Gasteiger partial charge is 0.312 e. The molecule has 7 nitrogen and oxygen atoms in total. The van der Waals surface area contributed by atoms with Crippen LogP contribution in [0, 0.1) is 20.8 Å². The van der Waals surface area contributed by atoms with Gasteiger partial charge in [-0.25, -0.2) is 9.67 Å². The number of carbonyl (C=O) groups excluding carboxylic acids is 1. The lowest BCUT2D eigenvalue weighted by Crippen LogP contribution is -2.35. The molecule has 2 aromatic heterocycles. The number of benzene rings is 2. The normalized spacial score (nSPS) is 15.0.